The molecule has 94 valence electrons. The molecule has 2 aromatic heterocycles. The molecular weight excluding hydrogens is 224 g/mol. The van der Waals surface area contributed by atoms with Crippen LogP contribution in [0, 0.1) is 0 Å². The monoisotopic (exact) mass is 242 g/mol. The van der Waals surface area contributed by atoms with Gasteiger partial charge in [-0.1, -0.05) is 12.5 Å². The maximum atomic E-state index is 6.03. The van der Waals surface area contributed by atoms with E-state index in [2.05, 4.69) is 15.0 Å². The topological polar surface area (TPSA) is 67.6 Å². The normalized spacial score (nSPS) is 24.1. The molecule has 0 saturated heterocycles. The molecule has 1 aliphatic carbocycles. The number of pyridine rings is 1. The predicted molar refractivity (Wildman–Crippen MR) is 71.0 cm³/mol. The molecular formula is C14H18N4. The van der Waals surface area contributed by atoms with E-state index in [1.54, 1.807) is 6.20 Å². The lowest BCUT2D eigenvalue weighted by Gasteiger charge is -2.24. The van der Waals surface area contributed by atoms with Crippen LogP contribution < -0.4 is 5.73 Å². The summed E-state index contributed by atoms with van der Waals surface area (Å²) >= 11 is 0. The van der Waals surface area contributed by atoms with E-state index >= 15 is 0 Å². The van der Waals surface area contributed by atoms with Crippen molar-refractivity contribution in [2.45, 2.75) is 37.6 Å². The first-order valence-corrected chi connectivity index (χ1v) is 6.55. The number of nitrogens with two attached hydrogens (primary N) is 1. The van der Waals surface area contributed by atoms with Crippen LogP contribution in [-0.4, -0.2) is 21.0 Å². The predicted octanol–water partition coefficient (Wildman–Crippen LogP) is 2.46. The number of hydrogen-bond acceptors (Lipinski definition) is 3. The minimum Gasteiger partial charge on any atom is -0.340 e. The molecule has 2 unspecified atom stereocenters. The van der Waals surface area contributed by atoms with E-state index < -0.39 is 0 Å². The highest BCUT2D eigenvalue weighted by molar-refractivity contribution is 5.52. The molecule has 0 spiro atoms. The van der Waals surface area contributed by atoms with Crippen molar-refractivity contribution >= 4 is 0 Å². The lowest BCUT2D eigenvalue weighted by Crippen LogP contribution is -2.27. The van der Waals surface area contributed by atoms with E-state index in [-0.39, 0.29) is 0 Å². The molecule has 0 amide bonds. The Morgan fingerprint density at radius 3 is 2.94 bits per heavy atom. The fraction of sp³-hybridized carbons (Fsp3) is 0.429. The van der Waals surface area contributed by atoms with E-state index in [0.29, 0.717) is 12.0 Å². The van der Waals surface area contributed by atoms with Gasteiger partial charge in [-0.15, -0.1) is 0 Å². The molecule has 3 rings (SSSR count). The molecule has 0 aromatic carbocycles. The van der Waals surface area contributed by atoms with Gasteiger partial charge >= 0.3 is 0 Å². The SMILES string of the molecule is NC1CCCC(c2ncc(-c3ccccn3)[nH]2)C1. The molecule has 18 heavy (non-hydrogen) atoms. The van der Waals surface area contributed by atoms with Gasteiger partial charge in [0.05, 0.1) is 17.6 Å². The van der Waals surface area contributed by atoms with Crippen molar-refractivity contribution in [2.24, 2.45) is 5.73 Å². The van der Waals surface area contributed by atoms with Crippen molar-refractivity contribution in [3.05, 3.63) is 36.4 Å². The van der Waals surface area contributed by atoms with E-state index in [4.69, 9.17) is 5.73 Å². The molecule has 4 nitrogen and oxygen atoms in total. The van der Waals surface area contributed by atoms with Crippen molar-refractivity contribution in [1.29, 1.82) is 0 Å². The molecule has 2 heterocycles. The molecule has 1 fully saturated rings. The van der Waals surface area contributed by atoms with Gasteiger partial charge in [0.15, 0.2) is 0 Å². The third-order valence-electron chi connectivity index (χ3n) is 3.64. The average molecular weight is 242 g/mol. The first kappa shape index (κ1) is 11.4. The Labute approximate surface area is 107 Å². The summed E-state index contributed by atoms with van der Waals surface area (Å²) in [6.07, 6.45) is 8.23. The lowest BCUT2D eigenvalue weighted by atomic mass is 9.86. The Balaban J connectivity index is 1.81. The highest BCUT2D eigenvalue weighted by Gasteiger charge is 2.23. The zero-order valence-corrected chi connectivity index (χ0v) is 10.3. The van der Waals surface area contributed by atoms with Crippen LogP contribution in [-0.2, 0) is 0 Å². The second-order valence-corrected chi connectivity index (χ2v) is 5.02. The molecule has 1 saturated carbocycles. The number of nitrogens with zero attached hydrogens (tertiary/aromatic N) is 2. The second-order valence-electron chi connectivity index (χ2n) is 5.02. The molecule has 0 bridgehead atoms. The van der Waals surface area contributed by atoms with Gasteiger partial charge in [-0.2, -0.15) is 0 Å². The maximum absolute atomic E-state index is 6.03. The zero-order chi connectivity index (χ0) is 12.4. The Hall–Kier alpha value is -1.68. The Bertz CT molecular complexity index is 506. The lowest BCUT2D eigenvalue weighted by molar-refractivity contribution is 0.383. The number of nitrogens with one attached hydrogen (secondary N) is 1. The van der Waals surface area contributed by atoms with Gasteiger partial charge in [-0.05, 0) is 31.4 Å². The minimum absolute atomic E-state index is 0.326. The Kier molecular flexibility index (Phi) is 3.11. The number of aromatic nitrogens is 3. The third-order valence-corrected chi connectivity index (χ3v) is 3.64. The molecule has 0 aliphatic heterocycles. The van der Waals surface area contributed by atoms with Crippen LogP contribution in [0.1, 0.15) is 37.4 Å². The van der Waals surface area contributed by atoms with Crippen LogP contribution in [0.3, 0.4) is 0 Å². The van der Waals surface area contributed by atoms with Crippen LogP contribution in [0.2, 0.25) is 0 Å². The van der Waals surface area contributed by atoms with Gasteiger partial charge < -0.3 is 10.7 Å². The summed E-state index contributed by atoms with van der Waals surface area (Å²) in [6, 6.07) is 6.22. The van der Waals surface area contributed by atoms with Gasteiger partial charge in [0.1, 0.15) is 5.82 Å². The molecule has 0 radical (unpaired) electrons. The third kappa shape index (κ3) is 2.29. The molecule has 1 aliphatic rings. The highest BCUT2D eigenvalue weighted by Crippen LogP contribution is 2.31. The zero-order valence-electron chi connectivity index (χ0n) is 10.3. The number of imidazole rings is 1. The number of rotatable bonds is 2. The number of H-pyrrole nitrogens is 1. The summed E-state index contributed by atoms with van der Waals surface area (Å²) in [6.45, 7) is 0. The minimum atomic E-state index is 0.326. The fourth-order valence-electron chi connectivity index (χ4n) is 2.67. The van der Waals surface area contributed by atoms with Gasteiger partial charge in [0, 0.05) is 18.2 Å². The summed E-state index contributed by atoms with van der Waals surface area (Å²) in [5.41, 5.74) is 7.96. The van der Waals surface area contributed by atoms with Crippen molar-refractivity contribution in [3.8, 4) is 11.4 Å². The van der Waals surface area contributed by atoms with E-state index in [1.807, 2.05) is 24.4 Å². The van der Waals surface area contributed by atoms with Gasteiger partial charge in [0.25, 0.3) is 0 Å². The van der Waals surface area contributed by atoms with E-state index in [1.165, 1.54) is 12.8 Å². The quantitative estimate of drug-likeness (QED) is 0.850. The highest BCUT2D eigenvalue weighted by atomic mass is 14.9. The van der Waals surface area contributed by atoms with Crippen LogP contribution in [0.5, 0.6) is 0 Å². The first-order chi connectivity index (χ1) is 8.83. The van der Waals surface area contributed by atoms with Gasteiger partial charge in [0.2, 0.25) is 0 Å². The van der Waals surface area contributed by atoms with Crippen LogP contribution in [0.4, 0.5) is 0 Å². The van der Waals surface area contributed by atoms with Crippen molar-refractivity contribution in [3.63, 3.8) is 0 Å². The summed E-state index contributed by atoms with van der Waals surface area (Å²) in [5, 5.41) is 0. The summed E-state index contributed by atoms with van der Waals surface area (Å²) in [7, 11) is 0. The molecule has 4 heteroatoms. The Morgan fingerprint density at radius 1 is 1.22 bits per heavy atom. The van der Waals surface area contributed by atoms with Crippen LogP contribution in [0.25, 0.3) is 11.4 Å². The molecule has 3 N–H and O–H groups in total. The van der Waals surface area contributed by atoms with Gasteiger partial charge in [-0.25, -0.2) is 4.98 Å². The summed E-state index contributed by atoms with van der Waals surface area (Å²) in [4.78, 5) is 12.2. The van der Waals surface area contributed by atoms with Crippen molar-refractivity contribution in [2.75, 3.05) is 0 Å². The molecule has 2 atom stereocenters. The largest absolute Gasteiger partial charge is 0.340 e. The van der Waals surface area contributed by atoms with Crippen LogP contribution in [0.15, 0.2) is 30.6 Å². The smallest absolute Gasteiger partial charge is 0.109 e. The van der Waals surface area contributed by atoms with Crippen molar-refractivity contribution < 1.29 is 0 Å². The average Bonchev–Trinajstić information content (AvgIpc) is 2.89. The standard InChI is InChI=1S/C14H18N4/c15-11-5-3-4-10(8-11)14-17-9-13(18-14)12-6-1-2-7-16-12/h1-2,6-7,9-11H,3-5,8,15H2,(H,17,18). The second kappa shape index (κ2) is 4.90. The first-order valence-electron chi connectivity index (χ1n) is 6.55. The number of hydrogen-bond donors (Lipinski definition) is 2. The Morgan fingerprint density at radius 2 is 2.17 bits per heavy atom. The van der Waals surface area contributed by atoms with Crippen molar-refractivity contribution in [1.82, 2.24) is 15.0 Å². The van der Waals surface area contributed by atoms with Gasteiger partial charge in [-0.3, -0.25) is 4.98 Å². The molecule has 2 aromatic rings. The van der Waals surface area contributed by atoms with E-state index in [9.17, 15) is 0 Å². The van der Waals surface area contributed by atoms with E-state index in [0.717, 1.165) is 30.1 Å². The van der Waals surface area contributed by atoms with Crippen LogP contribution >= 0.6 is 0 Å². The summed E-state index contributed by atoms with van der Waals surface area (Å²) < 4.78 is 0. The maximum Gasteiger partial charge on any atom is 0.109 e. The fourth-order valence-corrected chi connectivity index (χ4v) is 2.67. The summed E-state index contributed by atoms with van der Waals surface area (Å²) in [5.74, 6) is 1.54. The number of aromatic amines is 1.